The molecule has 0 bridgehead atoms. The molecular formula is C11H11BrClN3O2S. The van der Waals surface area contributed by atoms with Gasteiger partial charge in [-0.15, -0.1) is 0 Å². The molecule has 0 aliphatic rings. The Hall–Kier alpha value is -0.890. The summed E-state index contributed by atoms with van der Waals surface area (Å²) < 4.78 is 28.9. The summed E-state index contributed by atoms with van der Waals surface area (Å²) in [6.07, 6.45) is 3.42. The van der Waals surface area contributed by atoms with Crippen LogP contribution < -0.4 is 4.72 Å². The maximum absolute atomic E-state index is 11.9. The second-order valence-electron chi connectivity index (χ2n) is 3.77. The molecule has 2 aromatic rings. The third-order valence-electron chi connectivity index (χ3n) is 2.36. The standard InChI is InChI=1S/C11H11BrClN3O2S/c12-9-7-14-16(8-9)6-5-15-19(17,18)11-3-1-10(13)2-4-11/h1-4,7-8,15H,5-6H2. The highest BCUT2D eigenvalue weighted by atomic mass is 79.9. The smallest absolute Gasteiger partial charge is 0.240 e. The number of benzene rings is 1. The lowest BCUT2D eigenvalue weighted by Crippen LogP contribution is -2.27. The molecule has 0 saturated carbocycles. The Bertz CT molecular complexity index is 655. The average Bonchev–Trinajstić information content (AvgIpc) is 2.75. The molecular weight excluding hydrogens is 354 g/mol. The minimum atomic E-state index is -3.50. The zero-order chi connectivity index (χ0) is 13.9. The van der Waals surface area contributed by atoms with Gasteiger partial charge in [-0.3, -0.25) is 4.68 Å². The van der Waals surface area contributed by atoms with Crippen LogP contribution in [0.15, 0.2) is 46.0 Å². The molecule has 19 heavy (non-hydrogen) atoms. The van der Waals surface area contributed by atoms with Gasteiger partial charge in [0.1, 0.15) is 0 Å². The van der Waals surface area contributed by atoms with Gasteiger partial charge in [0, 0.05) is 17.8 Å². The third-order valence-corrected chi connectivity index (χ3v) is 4.50. The van der Waals surface area contributed by atoms with E-state index in [1.165, 1.54) is 12.1 Å². The number of hydrogen-bond acceptors (Lipinski definition) is 3. The maximum Gasteiger partial charge on any atom is 0.240 e. The molecule has 2 rings (SSSR count). The highest BCUT2D eigenvalue weighted by Crippen LogP contribution is 2.13. The van der Waals surface area contributed by atoms with Crippen molar-refractivity contribution >= 4 is 37.6 Å². The van der Waals surface area contributed by atoms with Crippen molar-refractivity contribution in [3.05, 3.63) is 46.2 Å². The number of rotatable bonds is 5. The molecule has 0 aliphatic carbocycles. The molecule has 0 saturated heterocycles. The van der Waals surface area contributed by atoms with E-state index in [2.05, 4.69) is 25.8 Å². The second kappa shape index (κ2) is 6.04. The van der Waals surface area contributed by atoms with Crippen molar-refractivity contribution in [3.8, 4) is 0 Å². The number of sulfonamides is 1. The van der Waals surface area contributed by atoms with Crippen LogP contribution in [0.1, 0.15) is 0 Å². The molecule has 0 spiro atoms. The van der Waals surface area contributed by atoms with Crippen LogP contribution in [0.4, 0.5) is 0 Å². The van der Waals surface area contributed by atoms with E-state index in [1.54, 1.807) is 29.2 Å². The summed E-state index contributed by atoms with van der Waals surface area (Å²) in [6.45, 7) is 0.720. The zero-order valence-electron chi connectivity index (χ0n) is 9.75. The second-order valence-corrected chi connectivity index (χ2v) is 6.89. The molecule has 0 aliphatic heterocycles. The molecule has 8 heteroatoms. The summed E-state index contributed by atoms with van der Waals surface area (Å²) in [6, 6.07) is 6.02. The van der Waals surface area contributed by atoms with Crippen molar-refractivity contribution in [1.82, 2.24) is 14.5 Å². The van der Waals surface area contributed by atoms with Crippen LogP contribution in [0.5, 0.6) is 0 Å². The number of nitrogens with one attached hydrogen (secondary N) is 1. The summed E-state index contributed by atoms with van der Waals surface area (Å²) in [5, 5.41) is 4.54. The fraction of sp³-hybridized carbons (Fsp3) is 0.182. The van der Waals surface area contributed by atoms with Crippen molar-refractivity contribution in [3.63, 3.8) is 0 Å². The SMILES string of the molecule is O=S(=O)(NCCn1cc(Br)cn1)c1ccc(Cl)cc1. The van der Waals surface area contributed by atoms with Crippen molar-refractivity contribution in [2.24, 2.45) is 0 Å². The van der Waals surface area contributed by atoms with Crippen LogP contribution in [-0.2, 0) is 16.6 Å². The van der Waals surface area contributed by atoms with E-state index in [4.69, 9.17) is 11.6 Å². The van der Waals surface area contributed by atoms with Crippen molar-refractivity contribution in [1.29, 1.82) is 0 Å². The Morgan fingerprint density at radius 3 is 2.58 bits per heavy atom. The first kappa shape index (κ1) is 14.5. The summed E-state index contributed by atoms with van der Waals surface area (Å²) in [4.78, 5) is 0.193. The van der Waals surface area contributed by atoms with Crippen LogP contribution in [0.3, 0.4) is 0 Å². The normalized spacial score (nSPS) is 11.7. The Balaban J connectivity index is 1.96. The first-order valence-electron chi connectivity index (χ1n) is 5.40. The van der Waals surface area contributed by atoms with E-state index < -0.39 is 10.0 Å². The fourth-order valence-corrected chi connectivity index (χ4v) is 2.93. The van der Waals surface area contributed by atoms with Gasteiger partial charge in [0.15, 0.2) is 0 Å². The van der Waals surface area contributed by atoms with E-state index >= 15 is 0 Å². The lowest BCUT2D eigenvalue weighted by atomic mass is 10.4. The van der Waals surface area contributed by atoms with Crippen LogP contribution in [0, 0.1) is 0 Å². The maximum atomic E-state index is 11.9. The summed E-state index contributed by atoms with van der Waals surface area (Å²) in [7, 11) is -3.50. The summed E-state index contributed by atoms with van der Waals surface area (Å²) >= 11 is 8.99. The van der Waals surface area contributed by atoms with E-state index in [0.717, 1.165) is 4.47 Å². The molecule has 1 heterocycles. The Kier molecular flexibility index (Phi) is 4.62. The topological polar surface area (TPSA) is 64.0 Å². The van der Waals surface area contributed by atoms with Crippen LogP contribution >= 0.6 is 27.5 Å². The van der Waals surface area contributed by atoms with Crippen LogP contribution in [0.2, 0.25) is 5.02 Å². The highest BCUT2D eigenvalue weighted by molar-refractivity contribution is 9.10. The van der Waals surface area contributed by atoms with Crippen molar-refractivity contribution in [2.45, 2.75) is 11.4 Å². The van der Waals surface area contributed by atoms with Gasteiger partial charge < -0.3 is 0 Å². The molecule has 0 radical (unpaired) electrons. The predicted molar refractivity (Wildman–Crippen MR) is 76.6 cm³/mol. The molecule has 0 atom stereocenters. The van der Waals surface area contributed by atoms with E-state index in [1.807, 2.05) is 0 Å². The zero-order valence-corrected chi connectivity index (χ0v) is 12.9. The molecule has 5 nitrogen and oxygen atoms in total. The van der Waals surface area contributed by atoms with E-state index in [-0.39, 0.29) is 11.4 Å². The fourth-order valence-electron chi connectivity index (χ4n) is 1.45. The van der Waals surface area contributed by atoms with Gasteiger partial charge in [0.05, 0.1) is 22.1 Å². The van der Waals surface area contributed by atoms with E-state index in [0.29, 0.717) is 11.6 Å². The van der Waals surface area contributed by atoms with Gasteiger partial charge in [-0.1, -0.05) is 11.6 Å². The first-order chi connectivity index (χ1) is 8.97. The van der Waals surface area contributed by atoms with Gasteiger partial charge >= 0.3 is 0 Å². The number of hydrogen-bond donors (Lipinski definition) is 1. The first-order valence-corrected chi connectivity index (χ1v) is 8.06. The Morgan fingerprint density at radius 2 is 2.00 bits per heavy atom. The lowest BCUT2D eigenvalue weighted by molar-refractivity contribution is 0.561. The Morgan fingerprint density at radius 1 is 1.32 bits per heavy atom. The largest absolute Gasteiger partial charge is 0.270 e. The van der Waals surface area contributed by atoms with E-state index in [9.17, 15) is 8.42 Å². The summed E-state index contributed by atoms with van der Waals surface area (Å²) in [5.41, 5.74) is 0. The molecule has 102 valence electrons. The molecule has 0 unspecified atom stereocenters. The molecule has 1 N–H and O–H groups in total. The predicted octanol–water partition coefficient (Wildman–Crippen LogP) is 2.28. The number of aromatic nitrogens is 2. The van der Waals surface area contributed by atoms with Gasteiger partial charge in [-0.05, 0) is 40.2 Å². The minimum absolute atomic E-state index is 0.193. The van der Waals surface area contributed by atoms with Crippen LogP contribution in [0.25, 0.3) is 0 Å². The van der Waals surface area contributed by atoms with Crippen molar-refractivity contribution in [2.75, 3.05) is 6.54 Å². The van der Waals surface area contributed by atoms with Crippen LogP contribution in [-0.4, -0.2) is 24.7 Å². The molecule has 0 fully saturated rings. The number of halogens is 2. The summed E-state index contributed by atoms with van der Waals surface area (Å²) in [5.74, 6) is 0. The van der Waals surface area contributed by atoms with Gasteiger partial charge in [-0.2, -0.15) is 5.10 Å². The monoisotopic (exact) mass is 363 g/mol. The molecule has 0 amide bonds. The van der Waals surface area contributed by atoms with Crippen molar-refractivity contribution < 1.29 is 8.42 Å². The quantitative estimate of drug-likeness (QED) is 0.885. The highest BCUT2D eigenvalue weighted by Gasteiger charge is 2.12. The lowest BCUT2D eigenvalue weighted by Gasteiger charge is -2.06. The van der Waals surface area contributed by atoms with Gasteiger partial charge in [0.2, 0.25) is 10.0 Å². The number of nitrogens with zero attached hydrogens (tertiary/aromatic N) is 2. The van der Waals surface area contributed by atoms with Gasteiger partial charge in [-0.25, -0.2) is 13.1 Å². The molecule has 1 aromatic heterocycles. The third kappa shape index (κ3) is 4.04. The van der Waals surface area contributed by atoms with Gasteiger partial charge in [0.25, 0.3) is 0 Å². The molecule has 1 aromatic carbocycles. The Labute approximate surface area is 124 Å². The average molecular weight is 365 g/mol. The minimum Gasteiger partial charge on any atom is -0.270 e.